The molecule has 3 rings (SSSR count). The first kappa shape index (κ1) is 17.6. The number of hydrogen-bond donors (Lipinski definition) is 0. The highest BCUT2D eigenvalue weighted by molar-refractivity contribution is 7.17. The molecular weight excluding hydrogens is 336 g/mol. The summed E-state index contributed by atoms with van der Waals surface area (Å²) in [7, 11) is 0. The number of benzene rings is 1. The van der Waals surface area contributed by atoms with Gasteiger partial charge < -0.3 is 9.64 Å². The average molecular weight is 358 g/mol. The molecule has 1 aromatic carbocycles. The van der Waals surface area contributed by atoms with E-state index in [0.29, 0.717) is 10.6 Å². The Balaban J connectivity index is 1.64. The second-order valence-electron chi connectivity index (χ2n) is 6.31. The Morgan fingerprint density at radius 2 is 2.04 bits per heavy atom. The van der Waals surface area contributed by atoms with Crippen molar-refractivity contribution in [2.24, 2.45) is 0 Å². The van der Waals surface area contributed by atoms with Gasteiger partial charge in [0.25, 0.3) is 5.91 Å². The van der Waals surface area contributed by atoms with Crippen molar-refractivity contribution >= 4 is 23.2 Å². The summed E-state index contributed by atoms with van der Waals surface area (Å²) in [5, 5.41) is 0.779. The van der Waals surface area contributed by atoms with Crippen LogP contribution in [0.2, 0.25) is 0 Å². The van der Waals surface area contributed by atoms with E-state index in [4.69, 9.17) is 4.74 Å². The number of rotatable bonds is 4. The maximum absolute atomic E-state index is 12.4. The molecule has 2 heterocycles. The Kier molecular flexibility index (Phi) is 5.48. The molecular formula is C19H22N2O3S. The second-order valence-corrected chi connectivity index (χ2v) is 7.31. The van der Waals surface area contributed by atoms with Crippen LogP contribution >= 0.6 is 11.3 Å². The van der Waals surface area contributed by atoms with E-state index < -0.39 is 5.97 Å². The first-order valence-electron chi connectivity index (χ1n) is 8.55. The maximum Gasteiger partial charge on any atom is 0.350 e. The molecule has 25 heavy (non-hydrogen) atoms. The van der Waals surface area contributed by atoms with Crippen LogP contribution in [0.15, 0.2) is 30.3 Å². The number of hydrogen-bond acceptors (Lipinski definition) is 5. The van der Waals surface area contributed by atoms with Gasteiger partial charge in [0.15, 0.2) is 6.61 Å². The van der Waals surface area contributed by atoms with Crippen molar-refractivity contribution in [2.45, 2.75) is 39.2 Å². The highest BCUT2D eigenvalue weighted by atomic mass is 32.1. The number of aromatic nitrogens is 1. The monoisotopic (exact) mass is 358 g/mol. The summed E-state index contributed by atoms with van der Waals surface area (Å²) >= 11 is 1.30. The van der Waals surface area contributed by atoms with Gasteiger partial charge in [-0.1, -0.05) is 30.3 Å². The molecule has 0 N–H and O–H groups in total. The molecule has 1 amide bonds. The molecule has 0 bridgehead atoms. The van der Waals surface area contributed by atoms with Crippen molar-refractivity contribution in [1.82, 2.24) is 9.88 Å². The highest BCUT2D eigenvalue weighted by Crippen LogP contribution is 2.28. The molecule has 0 saturated carbocycles. The van der Waals surface area contributed by atoms with Gasteiger partial charge in [-0.3, -0.25) is 4.79 Å². The van der Waals surface area contributed by atoms with Crippen LogP contribution in [-0.2, 0) is 9.53 Å². The summed E-state index contributed by atoms with van der Waals surface area (Å²) in [5.41, 5.74) is 1.60. The number of ether oxygens (including phenoxy) is 1. The summed E-state index contributed by atoms with van der Waals surface area (Å²) in [6.07, 6.45) is 3.17. The van der Waals surface area contributed by atoms with Gasteiger partial charge >= 0.3 is 5.97 Å². The van der Waals surface area contributed by atoms with Crippen LogP contribution in [0, 0.1) is 6.92 Å². The molecule has 132 valence electrons. The van der Waals surface area contributed by atoms with Gasteiger partial charge in [0, 0.05) is 18.2 Å². The SMILES string of the molecule is Cc1nc(-c2ccccc2)sc1C(=O)OCC(=O)N1CCCCC1C. The minimum atomic E-state index is -0.477. The molecule has 1 atom stereocenters. The number of likely N-dealkylation sites (tertiary alicyclic amines) is 1. The van der Waals surface area contributed by atoms with Crippen LogP contribution < -0.4 is 0 Å². The smallest absolute Gasteiger partial charge is 0.350 e. The summed E-state index contributed by atoms with van der Waals surface area (Å²) in [6.45, 7) is 4.36. The van der Waals surface area contributed by atoms with Gasteiger partial charge in [-0.05, 0) is 33.1 Å². The van der Waals surface area contributed by atoms with E-state index >= 15 is 0 Å². The fourth-order valence-electron chi connectivity index (χ4n) is 3.03. The lowest BCUT2D eigenvalue weighted by Gasteiger charge is -2.33. The topological polar surface area (TPSA) is 59.5 Å². The number of amides is 1. The predicted molar refractivity (Wildman–Crippen MR) is 97.6 cm³/mol. The van der Waals surface area contributed by atoms with Gasteiger partial charge in [0.2, 0.25) is 0 Å². The average Bonchev–Trinajstić information content (AvgIpc) is 3.02. The third-order valence-electron chi connectivity index (χ3n) is 4.45. The normalized spacial score (nSPS) is 17.4. The standard InChI is InChI=1S/C19H22N2O3S/c1-13-8-6-7-11-21(13)16(22)12-24-19(23)17-14(2)20-18(25-17)15-9-4-3-5-10-15/h3-5,9-10,13H,6-8,11-12H2,1-2H3. The van der Waals surface area contributed by atoms with Gasteiger partial charge in [0.05, 0.1) is 5.69 Å². The molecule has 0 spiro atoms. The number of carbonyl (C=O) groups excluding carboxylic acids is 2. The Morgan fingerprint density at radius 3 is 2.76 bits per heavy atom. The van der Waals surface area contributed by atoms with Crippen molar-refractivity contribution in [3.8, 4) is 10.6 Å². The van der Waals surface area contributed by atoms with E-state index in [0.717, 1.165) is 36.4 Å². The molecule has 6 heteroatoms. The van der Waals surface area contributed by atoms with E-state index in [1.165, 1.54) is 11.3 Å². The van der Waals surface area contributed by atoms with E-state index in [-0.39, 0.29) is 18.6 Å². The highest BCUT2D eigenvalue weighted by Gasteiger charge is 2.25. The van der Waals surface area contributed by atoms with Crippen LogP contribution in [-0.4, -0.2) is 41.0 Å². The van der Waals surface area contributed by atoms with Crippen molar-refractivity contribution in [3.63, 3.8) is 0 Å². The van der Waals surface area contributed by atoms with Gasteiger partial charge in [-0.15, -0.1) is 11.3 Å². The largest absolute Gasteiger partial charge is 0.451 e. The summed E-state index contributed by atoms with van der Waals surface area (Å²) in [5.74, 6) is -0.596. The van der Waals surface area contributed by atoms with E-state index in [9.17, 15) is 9.59 Å². The number of aryl methyl sites for hydroxylation is 1. The fraction of sp³-hybridized carbons (Fsp3) is 0.421. The number of piperidine rings is 1. The van der Waals surface area contributed by atoms with Crippen molar-refractivity contribution in [3.05, 3.63) is 40.9 Å². The van der Waals surface area contributed by atoms with Gasteiger partial charge in [-0.25, -0.2) is 9.78 Å². The van der Waals surface area contributed by atoms with E-state index in [1.54, 1.807) is 6.92 Å². The zero-order chi connectivity index (χ0) is 17.8. The fourth-order valence-corrected chi connectivity index (χ4v) is 4.00. The van der Waals surface area contributed by atoms with Crippen LogP contribution in [0.1, 0.15) is 41.6 Å². The molecule has 1 aliphatic rings. The second kappa shape index (κ2) is 7.78. The molecule has 0 aliphatic carbocycles. The number of nitrogens with zero attached hydrogens (tertiary/aromatic N) is 2. The van der Waals surface area contributed by atoms with Crippen LogP contribution in [0.5, 0.6) is 0 Å². The van der Waals surface area contributed by atoms with Crippen molar-refractivity contribution < 1.29 is 14.3 Å². The van der Waals surface area contributed by atoms with Gasteiger partial charge in [0.1, 0.15) is 9.88 Å². The molecule has 1 aliphatic heterocycles. The number of esters is 1. The number of thiazole rings is 1. The molecule has 0 radical (unpaired) electrons. The Hall–Kier alpha value is -2.21. The molecule has 5 nitrogen and oxygen atoms in total. The molecule has 1 fully saturated rings. The summed E-state index contributed by atoms with van der Waals surface area (Å²) in [6, 6.07) is 9.93. The summed E-state index contributed by atoms with van der Waals surface area (Å²) in [4.78, 5) is 31.4. The van der Waals surface area contributed by atoms with Crippen LogP contribution in [0.25, 0.3) is 10.6 Å². The first-order valence-corrected chi connectivity index (χ1v) is 9.37. The summed E-state index contributed by atoms with van der Waals surface area (Å²) < 4.78 is 5.26. The lowest BCUT2D eigenvalue weighted by atomic mass is 10.0. The Bertz CT molecular complexity index is 757. The van der Waals surface area contributed by atoms with Crippen LogP contribution in [0.4, 0.5) is 0 Å². The number of carbonyl (C=O) groups is 2. The Labute approximate surface area is 151 Å². The lowest BCUT2D eigenvalue weighted by molar-refractivity contribution is -0.137. The van der Waals surface area contributed by atoms with E-state index in [2.05, 4.69) is 4.98 Å². The minimum absolute atomic E-state index is 0.119. The third kappa shape index (κ3) is 4.07. The van der Waals surface area contributed by atoms with Crippen molar-refractivity contribution in [1.29, 1.82) is 0 Å². The third-order valence-corrected chi connectivity index (χ3v) is 5.64. The molecule has 1 saturated heterocycles. The zero-order valence-electron chi connectivity index (χ0n) is 14.5. The predicted octanol–water partition coefficient (Wildman–Crippen LogP) is 3.68. The molecule has 1 unspecified atom stereocenters. The van der Waals surface area contributed by atoms with Crippen molar-refractivity contribution in [2.75, 3.05) is 13.2 Å². The van der Waals surface area contributed by atoms with Gasteiger partial charge in [-0.2, -0.15) is 0 Å². The van der Waals surface area contributed by atoms with Crippen LogP contribution in [0.3, 0.4) is 0 Å². The quantitative estimate of drug-likeness (QED) is 0.783. The lowest BCUT2D eigenvalue weighted by Crippen LogP contribution is -2.44. The zero-order valence-corrected chi connectivity index (χ0v) is 15.3. The molecule has 2 aromatic rings. The Morgan fingerprint density at radius 1 is 1.28 bits per heavy atom. The maximum atomic E-state index is 12.4. The van der Waals surface area contributed by atoms with E-state index in [1.807, 2.05) is 42.2 Å². The minimum Gasteiger partial charge on any atom is -0.451 e. The first-order chi connectivity index (χ1) is 12.1. The molecule has 1 aromatic heterocycles.